The maximum absolute atomic E-state index is 5.97. The molecule has 0 unspecified atom stereocenters. The Morgan fingerprint density at radius 3 is 1.87 bits per heavy atom. The molecule has 0 atom stereocenters. The highest BCUT2D eigenvalue weighted by Crippen LogP contribution is 2.35. The average molecular weight is 529 g/mol. The van der Waals surface area contributed by atoms with Crippen molar-refractivity contribution in [3.63, 3.8) is 0 Å². The number of rotatable bonds is 9. The van der Waals surface area contributed by atoms with Gasteiger partial charge >= 0.3 is 0 Å². The predicted molar refractivity (Wildman–Crippen MR) is 135 cm³/mol. The molecule has 0 fully saturated rings. The van der Waals surface area contributed by atoms with Crippen LogP contribution in [0.25, 0.3) is 27.5 Å². The van der Waals surface area contributed by atoms with Gasteiger partial charge in [-0.3, -0.25) is 0 Å². The number of hydrogen-bond donors (Lipinski definition) is 0. The second-order valence-corrected chi connectivity index (χ2v) is 9.60. The third kappa shape index (κ3) is 4.76. The topological polar surface area (TPSA) is 14.2 Å². The van der Waals surface area contributed by atoms with E-state index in [9.17, 15) is 0 Å². The molecule has 0 saturated heterocycles. The number of ether oxygens (including phenoxy) is 1. The molecule has 0 saturated carbocycles. The van der Waals surface area contributed by atoms with Crippen molar-refractivity contribution in [2.24, 2.45) is 0 Å². The van der Waals surface area contributed by atoms with E-state index in [1.165, 1.54) is 53.9 Å². The number of halogens is 2. The maximum atomic E-state index is 5.97. The molecule has 1 heterocycles. The van der Waals surface area contributed by atoms with Crippen molar-refractivity contribution >= 4 is 53.7 Å². The summed E-state index contributed by atoms with van der Waals surface area (Å²) in [5, 5.41) is 2.48. The first-order chi connectivity index (χ1) is 14.7. The number of benzene rings is 3. The number of unbranched alkanes of at least 4 members (excludes halogenated alkanes) is 5. The lowest BCUT2D eigenvalue weighted by molar-refractivity contribution is 0.304. The molecule has 4 aromatic rings. The molecule has 2 nitrogen and oxygen atoms in total. The summed E-state index contributed by atoms with van der Waals surface area (Å²) < 4.78 is 10.5. The van der Waals surface area contributed by atoms with Gasteiger partial charge in [0.1, 0.15) is 5.75 Å². The van der Waals surface area contributed by atoms with Gasteiger partial charge in [0.25, 0.3) is 0 Å². The smallest absolute Gasteiger partial charge is 0.119 e. The van der Waals surface area contributed by atoms with Crippen LogP contribution in [0.4, 0.5) is 0 Å². The van der Waals surface area contributed by atoms with E-state index >= 15 is 0 Å². The highest BCUT2D eigenvalue weighted by molar-refractivity contribution is 9.10. The highest BCUT2D eigenvalue weighted by atomic mass is 79.9. The molecule has 0 aliphatic heterocycles. The van der Waals surface area contributed by atoms with E-state index in [0.717, 1.165) is 33.4 Å². The van der Waals surface area contributed by atoms with Crippen LogP contribution in [0.5, 0.6) is 5.75 Å². The molecule has 156 valence electrons. The number of fused-ring (bicyclic) bond motifs is 3. The lowest BCUT2D eigenvalue weighted by Gasteiger charge is -2.10. The summed E-state index contributed by atoms with van der Waals surface area (Å²) in [6.45, 7) is 3.05. The molecular formula is C26H27Br2NO. The van der Waals surface area contributed by atoms with Crippen molar-refractivity contribution in [2.45, 2.75) is 45.4 Å². The lowest BCUT2D eigenvalue weighted by atomic mass is 10.1. The average Bonchev–Trinajstić information content (AvgIpc) is 3.06. The van der Waals surface area contributed by atoms with Gasteiger partial charge < -0.3 is 9.30 Å². The Kier molecular flexibility index (Phi) is 7.16. The Balaban J connectivity index is 1.54. The Morgan fingerprint density at radius 1 is 0.700 bits per heavy atom. The summed E-state index contributed by atoms with van der Waals surface area (Å²) in [6.07, 6.45) is 7.68. The third-order valence-corrected chi connectivity index (χ3v) is 6.54. The van der Waals surface area contributed by atoms with E-state index in [0.29, 0.717) is 0 Å². The fourth-order valence-electron chi connectivity index (χ4n) is 4.01. The van der Waals surface area contributed by atoms with Gasteiger partial charge in [-0.1, -0.05) is 70.9 Å². The van der Waals surface area contributed by atoms with E-state index in [4.69, 9.17) is 4.74 Å². The van der Waals surface area contributed by atoms with Crippen LogP contribution >= 0.6 is 31.9 Å². The van der Waals surface area contributed by atoms with Crippen LogP contribution in [0.2, 0.25) is 0 Å². The van der Waals surface area contributed by atoms with Crippen LogP contribution in [-0.2, 0) is 0 Å². The van der Waals surface area contributed by atoms with Gasteiger partial charge in [0.2, 0.25) is 0 Å². The summed E-state index contributed by atoms with van der Waals surface area (Å²) in [4.78, 5) is 0. The third-order valence-electron chi connectivity index (χ3n) is 5.55. The Labute approximate surface area is 195 Å². The zero-order valence-corrected chi connectivity index (χ0v) is 20.5. The largest absolute Gasteiger partial charge is 0.494 e. The van der Waals surface area contributed by atoms with Crippen molar-refractivity contribution in [1.82, 2.24) is 4.57 Å². The minimum absolute atomic E-state index is 0.795. The summed E-state index contributed by atoms with van der Waals surface area (Å²) in [6, 6.07) is 21.4. The molecular weight excluding hydrogens is 502 g/mol. The fraction of sp³-hybridized carbons (Fsp3) is 0.308. The SMILES string of the molecule is CCCCCCCCOc1ccc(-n2c3ccc(Br)cc3c3cc(Br)ccc32)cc1. The maximum Gasteiger partial charge on any atom is 0.119 e. The molecule has 3 aromatic carbocycles. The van der Waals surface area contributed by atoms with Crippen LogP contribution < -0.4 is 4.74 Å². The van der Waals surface area contributed by atoms with Gasteiger partial charge in [-0.25, -0.2) is 0 Å². The van der Waals surface area contributed by atoms with Crippen molar-refractivity contribution in [3.05, 3.63) is 69.6 Å². The van der Waals surface area contributed by atoms with Crippen LogP contribution in [-0.4, -0.2) is 11.2 Å². The van der Waals surface area contributed by atoms with Gasteiger partial charge in [0, 0.05) is 25.4 Å². The van der Waals surface area contributed by atoms with Gasteiger partial charge in [-0.2, -0.15) is 0 Å². The summed E-state index contributed by atoms with van der Waals surface area (Å²) in [5.41, 5.74) is 3.55. The van der Waals surface area contributed by atoms with Crippen molar-refractivity contribution in [2.75, 3.05) is 6.61 Å². The summed E-state index contributed by atoms with van der Waals surface area (Å²) >= 11 is 7.24. The quantitative estimate of drug-likeness (QED) is 0.197. The van der Waals surface area contributed by atoms with E-state index in [1.807, 2.05) is 0 Å². The van der Waals surface area contributed by atoms with Crippen LogP contribution in [0, 0.1) is 0 Å². The molecule has 0 bridgehead atoms. The highest BCUT2D eigenvalue weighted by Gasteiger charge is 2.13. The monoisotopic (exact) mass is 527 g/mol. The normalized spacial score (nSPS) is 11.4. The standard InChI is InChI=1S/C26H27Br2NO/c1-2-3-4-5-6-7-16-30-22-12-10-21(11-13-22)29-25-14-8-19(27)17-23(25)24-18-20(28)9-15-26(24)29/h8-15,17-18H,2-7,16H2,1H3. The Bertz CT molecular complexity index is 1070. The molecule has 0 aliphatic carbocycles. The number of aromatic nitrogens is 1. The molecule has 0 spiro atoms. The van der Waals surface area contributed by atoms with E-state index in [2.05, 4.69) is 104 Å². The lowest BCUT2D eigenvalue weighted by Crippen LogP contribution is -1.98. The zero-order valence-electron chi connectivity index (χ0n) is 17.3. The molecule has 30 heavy (non-hydrogen) atoms. The van der Waals surface area contributed by atoms with Gasteiger partial charge in [-0.15, -0.1) is 0 Å². The van der Waals surface area contributed by atoms with E-state index in [1.54, 1.807) is 0 Å². The molecule has 1 aromatic heterocycles. The Morgan fingerprint density at radius 2 is 1.27 bits per heavy atom. The minimum Gasteiger partial charge on any atom is -0.494 e. The first-order valence-electron chi connectivity index (χ1n) is 10.8. The molecule has 4 heteroatoms. The molecule has 0 N–H and O–H groups in total. The minimum atomic E-state index is 0.795. The number of hydrogen-bond acceptors (Lipinski definition) is 1. The molecule has 0 amide bonds. The summed E-state index contributed by atoms with van der Waals surface area (Å²) in [5.74, 6) is 0.943. The zero-order chi connectivity index (χ0) is 20.9. The number of nitrogens with zero attached hydrogens (tertiary/aromatic N) is 1. The van der Waals surface area contributed by atoms with Gasteiger partial charge in [-0.05, 0) is 67.1 Å². The van der Waals surface area contributed by atoms with E-state index < -0.39 is 0 Å². The second kappa shape index (κ2) is 10.0. The fourth-order valence-corrected chi connectivity index (χ4v) is 4.73. The Hall–Kier alpha value is -1.78. The molecule has 0 radical (unpaired) electrons. The van der Waals surface area contributed by atoms with Crippen LogP contribution in [0.1, 0.15) is 45.4 Å². The second-order valence-electron chi connectivity index (χ2n) is 7.77. The predicted octanol–water partition coefficient (Wildman–Crippen LogP) is 9.05. The molecule has 4 rings (SSSR count). The van der Waals surface area contributed by atoms with Gasteiger partial charge in [0.05, 0.1) is 17.6 Å². The van der Waals surface area contributed by atoms with Crippen molar-refractivity contribution < 1.29 is 4.74 Å². The first kappa shape index (κ1) is 21.5. The van der Waals surface area contributed by atoms with E-state index in [-0.39, 0.29) is 0 Å². The van der Waals surface area contributed by atoms with Crippen LogP contribution in [0.3, 0.4) is 0 Å². The van der Waals surface area contributed by atoms with Gasteiger partial charge in [0.15, 0.2) is 0 Å². The van der Waals surface area contributed by atoms with Crippen molar-refractivity contribution in [1.29, 1.82) is 0 Å². The summed E-state index contributed by atoms with van der Waals surface area (Å²) in [7, 11) is 0. The first-order valence-corrected chi connectivity index (χ1v) is 12.4. The van der Waals surface area contributed by atoms with Crippen LogP contribution in [0.15, 0.2) is 69.6 Å². The molecule has 0 aliphatic rings. The van der Waals surface area contributed by atoms with Crippen molar-refractivity contribution in [3.8, 4) is 11.4 Å².